The predicted molar refractivity (Wildman–Crippen MR) is 155 cm³/mol. The third kappa shape index (κ3) is 7.75. The highest BCUT2D eigenvalue weighted by Crippen LogP contribution is 2.26. The number of hydrogen-bond donors (Lipinski definition) is 1. The number of nitrogens with zero attached hydrogens (tertiary/aromatic N) is 2. The number of hydrogen-bond acceptors (Lipinski definition) is 6. The number of amides is 2. The summed E-state index contributed by atoms with van der Waals surface area (Å²) in [4.78, 5) is 28.4. The van der Waals surface area contributed by atoms with Crippen molar-refractivity contribution in [2.75, 3.05) is 31.6 Å². The molecule has 9 nitrogen and oxygen atoms in total. The van der Waals surface area contributed by atoms with Gasteiger partial charge in [0.2, 0.25) is 11.8 Å². The van der Waals surface area contributed by atoms with Gasteiger partial charge >= 0.3 is 0 Å². The molecule has 3 aromatic carbocycles. The van der Waals surface area contributed by atoms with E-state index in [1.165, 1.54) is 24.1 Å². The molecule has 0 aliphatic rings. The van der Waals surface area contributed by atoms with Gasteiger partial charge in [-0.3, -0.25) is 13.9 Å². The predicted octanol–water partition coefficient (Wildman–Crippen LogP) is 4.23. The molecule has 214 valence electrons. The van der Waals surface area contributed by atoms with Crippen molar-refractivity contribution < 1.29 is 27.5 Å². The summed E-state index contributed by atoms with van der Waals surface area (Å²) in [5.41, 5.74) is 1.03. The fourth-order valence-corrected chi connectivity index (χ4v) is 5.52. The lowest BCUT2D eigenvalue weighted by Crippen LogP contribution is -2.51. The van der Waals surface area contributed by atoms with Crippen LogP contribution in [0, 0.1) is 0 Å². The molecule has 0 bridgehead atoms. The summed E-state index contributed by atoms with van der Waals surface area (Å²) in [6, 6.07) is 20.7. The van der Waals surface area contributed by atoms with Crippen LogP contribution in [0.5, 0.6) is 11.5 Å². The van der Waals surface area contributed by atoms with Crippen LogP contribution in [-0.4, -0.2) is 58.5 Å². The van der Waals surface area contributed by atoms with Gasteiger partial charge in [0.15, 0.2) is 0 Å². The quantitative estimate of drug-likeness (QED) is 0.292. The van der Waals surface area contributed by atoms with Crippen molar-refractivity contribution in [3.05, 3.63) is 84.4 Å². The van der Waals surface area contributed by atoms with E-state index in [4.69, 9.17) is 9.47 Å². The second-order valence-corrected chi connectivity index (χ2v) is 11.1. The number of rotatable bonds is 14. The molecule has 1 atom stereocenters. The Balaban J connectivity index is 2.00. The van der Waals surface area contributed by atoms with E-state index in [9.17, 15) is 18.0 Å². The van der Waals surface area contributed by atoms with Gasteiger partial charge in [-0.1, -0.05) is 43.7 Å². The van der Waals surface area contributed by atoms with Gasteiger partial charge in [0.05, 0.1) is 24.8 Å². The Bertz CT molecular complexity index is 1360. The van der Waals surface area contributed by atoms with Crippen molar-refractivity contribution in [3.8, 4) is 11.5 Å². The fraction of sp³-hybridized carbons (Fsp3) is 0.333. The largest absolute Gasteiger partial charge is 0.497 e. The molecule has 1 unspecified atom stereocenters. The Morgan fingerprint density at radius 1 is 0.900 bits per heavy atom. The van der Waals surface area contributed by atoms with Crippen molar-refractivity contribution >= 4 is 27.5 Å². The highest BCUT2D eigenvalue weighted by atomic mass is 32.2. The molecule has 0 fully saturated rings. The van der Waals surface area contributed by atoms with Gasteiger partial charge in [0.1, 0.15) is 24.1 Å². The maximum atomic E-state index is 13.9. The molecule has 40 heavy (non-hydrogen) atoms. The molecular formula is C30H37N3O6S. The van der Waals surface area contributed by atoms with E-state index in [0.717, 1.165) is 22.7 Å². The first-order valence-electron chi connectivity index (χ1n) is 13.1. The topological polar surface area (TPSA) is 105 Å². The standard InChI is InChI=1S/C30H37N3O6S/c1-5-6-19-31-30(35)23(2)32(21-24-11-10-12-27(20-24)39-4)29(34)22-33(25-15-17-26(38-3)18-16-25)40(36,37)28-13-8-7-9-14-28/h7-18,20,23H,5-6,19,21-22H2,1-4H3,(H,31,35). The van der Waals surface area contributed by atoms with Gasteiger partial charge in [0.25, 0.3) is 10.0 Å². The summed E-state index contributed by atoms with van der Waals surface area (Å²) in [6.45, 7) is 3.72. The summed E-state index contributed by atoms with van der Waals surface area (Å²) in [5.74, 6) is 0.309. The first-order valence-corrected chi connectivity index (χ1v) is 14.6. The number of nitrogens with one attached hydrogen (secondary N) is 1. The average molecular weight is 568 g/mol. The van der Waals surface area contributed by atoms with E-state index >= 15 is 0 Å². The maximum Gasteiger partial charge on any atom is 0.264 e. The van der Waals surface area contributed by atoms with Gasteiger partial charge in [0, 0.05) is 13.1 Å². The minimum atomic E-state index is -4.12. The summed E-state index contributed by atoms with van der Waals surface area (Å²) in [5, 5.41) is 2.88. The lowest BCUT2D eigenvalue weighted by molar-refractivity contribution is -0.139. The maximum absolute atomic E-state index is 13.9. The van der Waals surface area contributed by atoms with Crippen molar-refractivity contribution in [2.24, 2.45) is 0 Å². The molecule has 0 saturated heterocycles. The Morgan fingerprint density at radius 3 is 2.20 bits per heavy atom. The first kappa shape index (κ1) is 30.5. The molecule has 0 aliphatic heterocycles. The monoisotopic (exact) mass is 567 g/mol. The Kier molecular flexibility index (Phi) is 11.0. The second kappa shape index (κ2) is 14.4. The van der Waals surface area contributed by atoms with Crippen LogP contribution >= 0.6 is 0 Å². The smallest absolute Gasteiger partial charge is 0.264 e. The number of unbranched alkanes of at least 4 members (excludes halogenated alkanes) is 1. The molecule has 2 amide bonds. The molecule has 0 radical (unpaired) electrons. The van der Waals surface area contributed by atoms with Gasteiger partial charge in [-0.25, -0.2) is 8.42 Å². The summed E-state index contributed by atoms with van der Waals surface area (Å²) >= 11 is 0. The van der Waals surface area contributed by atoms with Crippen LogP contribution in [0.25, 0.3) is 0 Å². The highest BCUT2D eigenvalue weighted by molar-refractivity contribution is 7.92. The van der Waals surface area contributed by atoms with E-state index in [1.807, 2.05) is 13.0 Å². The van der Waals surface area contributed by atoms with E-state index in [0.29, 0.717) is 23.7 Å². The molecule has 0 saturated carbocycles. The number of benzene rings is 3. The molecule has 0 aliphatic carbocycles. The van der Waals surface area contributed by atoms with E-state index in [1.54, 1.807) is 74.7 Å². The average Bonchev–Trinajstić information content (AvgIpc) is 2.98. The lowest BCUT2D eigenvalue weighted by Gasteiger charge is -2.32. The Hall–Kier alpha value is -4.05. The van der Waals surface area contributed by atoms with Crippen LogP contribution in [0.15, 0.2) is 83.8 Å². The van der Waals surface area contributed by atoms with Crippen LogP contribution < -0.4 is 19.1 Å². The zero-order chi connectivity index (χ0) is 29.1. The van der Waals surface area contributed by atoms with Gasteiger partial charge in [-0.2, -0.15) is 0 Å². The second-order valence-electron chi connectivity index (χ2n) is 9.22. The number of sulfonamides is 1. The third-order valence-electron chi connectivity index (χ3n) is 6.45. The zero-order valence-electron chi connectivity index (χ0n) is 23.4. The van der Waals surface area contributed by atoms with Gasteiger partial charge < -0.3 is 19.7 Å². The van der Waals surface area contributed by atoms with Crippen molar-refractivity contribution in [3.63, 3.8) is 0 Å². The molecule has 0 aromatic heterocycles. The molecule has 0 spiro atoms. The van der Waals surface area contributed by atoms with Crippen LogP contribution in [-0.2, 0) is 26.2 Å². The molecule has 3 rings (SSSR count). The lowest BCUT2D eigenvalue weighted by atomic mass is 10.1. The minimum absolute atomic E-state index is 0.0447. The summed E-state index contributed by atoms with van der Waals surface area (Å²) < 4.78 is 39.2. The number of anilines is 1. The van der Waals surface area contributed by atoms with Crippen LogP contribution in [0.2, 0.25) is 0 Å². The van der Waals surface area contributed by atoms with Crippen molar-refractivity contribution in [2.45, 2.75) is 44.2 Å². The SMILES string of the molecule is CCCCNC(=O)C(C)N(Cc1cccc(OC)c1)C(=O)CN(c1ccc(OC)cc1)S(=O)(=O)c1ccccc1. The van der Waals surface area contributed by atoms with Gasteiger partial charge in [-0.05, 0) is 67.4 Å². The molecular weight excluding hydrogens is 530 g/mol. The fourth-order valence-electron chi connectivity index (χ4n) is 4.08. The Morgan fingerprint density at radius 2 is 1.57 bits per heavy atom. The molecule has 1 N–H and O–H groups in total. The van der Waals surface area contributed by atoms with Crippen molar-refractivity contribution in [1.82, 2.24) is 10.2 Å². The number of methoxy groups -OCH3 is 2. The summed E-state index contributed by atoms with van der Waals surface area (Å²) in [7, 11) is -1.06. The van der Waals surface area contributed by atoms with E-state index in [2.05, 4.69) is 5.32 Å². The Labute approximate surface area is 236 Å². The van der Waals surface area contributed by atoms with E-state index in [-0.39, 0.29) is 17.3 Å². The highest BCUT2D eigenvalue weighted by Gasteiger charge is 2.32. The van der Waals surface area contributed by atoms with E-state index < -0.39 is 28.5 Å². The van der Waals surface area contributed by atoms with Crippen LogP contribution in [0.4, 0.5) is 5.69 Å². The molecule has 3 aromatic rings. The molecule has 10 heteroatoms. The normalized spacial score (nSPS) is 11.8. The third-order valence-corrected chi connectivity index (χ3v) is 8.24. The number of carbonyl (C=O) groups is 2. The first-order chi connectivity index (χ1) is 19.2. The molecule has 0 heterocycles. The minimum Gasteiger partial charge on any atom is -0.497 e. The van der Waals surface area contributed by atoms with Gasteiger partial charge in [-0.15, -0.1) is 0 Å². The number of ether oxygens (including phenoxy) is 2. The van der Waals surface area contributed by atoms with Crippen LogP contribution in [0.1, 0.15) is 32.3 Å². The number of carbonyl (C=O) groups excluding carboxylic acids is 2. The zero-order valence-corrected chi connectivity index (χ0v) is 24.2. The van der Waals surface area contributed by atoms with Crippen molar-refractivity contribution in [1.29, 1.82) is 0 Å². The summed E-state index contributed by atoms with van der Waals surface area (Å²) in [6.07, 6.45) is 1.72. The van der Waals surface area contributed by atoms with Crippen LogP contribution in [0.3, 0.4) is 0 Å².